The van der Waals surface area contributed by atoms with E-state index >= 15 is 0 Å². The first kappa shape index (κ1) is 13.4. The van der Waals surface area contributed by atoms with Crippen LogP contribution < -0.4 is 4.18 Å². The van der Waals surface area contributed by atoms with Crippen LogP contribution in [0.4, 0.5) is 0 Å². The molecule has 0 spiro atoms. The van der Waals surface area contributed by atoms with Crippen molar-refractivity contribution in [2.45, 2.75) is 5.75 Å². The Morgan fingerprint density at radius 3 is 2.21 bits per heavy atom. The van der Waals surface area contributed by atoms with E-state index in [4.69, 9.17) is 4.18 Å². The highest BCUT2D eigenvalue weighted by Gasteiger charge is 2.13. The highest BCUT2D eigenvalue weighted by atomic mass is 32.2. The Hall–Kier alpha value is -2.07. The average molecular weight is 274 g/mol. The lowest BCUT2D eigenvalue weighted by molar-refractivity contribution is 0.485. The van der Waals surface area contributed by atoms with Crippen LogP contribution in [0.25, 0.3) is 6.08 Å². The number of hydrogen-bond donors (Lipinski definition) is 0. The molecule has 0 aliphatic heterocycles. The molecule has 0 aromatic heterocycles. The Kier molecular flexibility index (Phi) is 4.02. The second kappa shape index (κ2) is 5.71. The molecule has 0 bridgehead atoms. The van der Waals surface area contributed by atoms with Crippen molar-refractivity contribution in [2.75, 3.05) is 0 Å². The third kappa shape index (κ3) is 3.96. The Balaban J connectivity index is 2.10. The van der Waals surface area contributed by atoms with E-state index in [1.54, 1.807) is 54.6 Å². The summed E-state index contributed by atoms with van der Waals surface area (Å²) in [5.41, 5.74) is 1.61. The summed E-state index contributed by atoms with van der Waals surface area (Å²) in [7, 11) is -3.63. The van der Waals surface area contributed by atoms with Gasteiger partial charge in [0.1, 0.15) is 11.5 Å². The third-order valence-electron chi connectivity index (χ3n) is 2.53. The van der Waals surface area contributed by atoms with Crippen LogP contribution in [-0.4, -0.2) is 8.42 Å². The van der Waals surface area contributed by atoms with Crippen molar-refractivity contribution in [1.29, 1.82) is 0 Å². The molecule has 2 aromatic rings. The fraction of sp³-hybridized carbons (Fsp3) is 0.0667. The molecule has 3 nitrogen and oxygen atoms in total. The monoisotopic (exact) mass is 274 g/mol. The second-order valence-corrected chi connectivity index (χ2v) is 5.61. The zero-order valence-electron chi connectivity index (χ0n) is 10.3. The van der Waals surface area contributed by atoms with E-state index in [0.29, 0.717) is 11.3 Å². The maximum atomic E-state index is 11.9. The van der Waals surface area contributed by atoms with E-state index in [9.17, 15) is 8.42 Å². The topological polar surface area (TPSA) is 43.4 Å². The summed E-state index contributed by atoms with van der Waals surface area (Å²) in [6.07, 6.45) is 1.68. The van der Waals surface area contributed by atoms with Crippen molar-refractivity contribution in [3.05, 3.63) is 72.3 Å². The normalized spacial score (nSPS) is 10.9. The van der Waals surface area contributed by atoms with E-state index in [0.717, 1.165) is 5.56 Å². The second-order valence-electron chi connectivity index (χ2n) is 4.04. The van der Waals surface area contributed by atoms with Crippen LogP contribution in [0, 0.1) is 0 Å². The molecule has 98 valence electrons. The zero-order valence-corrected chi connectivity index (χ0v) is 11.1. The highest BCUT2D eigenvalue weighted by molar-refractivity contribution is 7.86. The van der Waals surface area contributed by atoms with Crippen molar-refractivity contribution in [3.63, 3.8) is 0 Å². The van der Waals surface area contributed by atoms with Gasteiger partial charge in [0, 0.05) is 0 Å². The van der Waals surface area contributed by atoms with Gasteiger partial charge in [-0.25, -0.2) is 0 Å². The van der Waals surface area contributed by atoms with Crippen molar-refractivity contribution in [1.82, 2.24) is 0 Å². The van der Waals surface area contributed by atoms with Crippen LogP contribution in [0.3, 0.4) is 0 Å². The van der Waals surface area contributed by atoms with Crippen LogP contribution in [0.15, 0.2) is 61.2 Å². The quantitative estimate of drug-likeness (QED) is 0.786. The van der Waals surface area contributed by atoms with Crippen molar-refractivity contribution < 1.29 is 12.6 Å². The van der Waals surface area contributed by atoms with Gasteiger partial charge in [-0.05, 0) is 23.3 Å². The molecular weight excluding hydrogens is 260 g/mol. The number of benzene rings is 2. The maximum Gasteiger partial charge on any atom is 0.313 e. The lowest BCUT2D eigenvalue weighted by Crippen LogP contribution is -2.11. The SMILES string of the molecule is C=Cc1ccc(OS(=O)(=O)Cc2ccccc2)cc1. The first-order valence-corrected chi connectivity index (χ1v) is 7.35. The molecule has 19 heavy (non-hydrogen) atoms. The molecule has 2 rings (SSSR count). The van der Waals surface area contributed by atoms with Gasteiger partial charge in [-0.2, -0.15) is 8.42 Å². The predicted octanol–water partition coefficient (Wildman–Crippen LogP) is 3.24. The molecule has 0 heterocycles. The molecule has 0 aliphatic carbocycles. The van der Waals surface area contributed by atoms with Crippen LogP contribution in [0.2, 0.25) is 0 Å². The van der Waals surface area contributed by atoms with E-state index in [1.807, 2.05) is 6.07 Å². The highest BCUT2D eigenvalue weighted by Crippen LogP contribution is 2.17. The Bertz CT molecular complexity index is 644. The summed E-state index contributed by atoms with van der Waals surface area (Å²) < 4.78 is 28.8. The Morgan fingerprint density at radius 1 is 1.00 bits per heavy atom. The van der Waals surface area contributed by atoms with Crippen molar-refractivity contribution in [3.8, 4) is 5.75 Å². The van der Waals surface area contributed by atoms with E-state index in [2.05, 4.69) is 6.58 Å². The third-order valence-corrected chi connectivity index (χ3v) is 3.66. The van der Waals surface area contributed by atoms with Gasteiger partial charge >= 0.3 is 10.1 Å². The van der Waals surface area contributed by atoms with E-state index < -0.39 is 10.1 Å². The average Bonchev–Trinajstić information content (AvgIpc) is 2.39. The lowest BCUT2D eigenvalue weighted by Gasteiger charge is -2.07. The summed E-state index contributed by atoms with van der Waals surface area (Å²) in [4.78, 5) is 0. The minimum absolute atomic E-state index is 0.142. The summed E-state index contributed by atoms with van der Waals surface area (Å²) in [5, 5.41) is 0. The van der Waals surface area contributed by atoms with E-state index in [-0.39, 0.29) is 5.75 Å². The molecular formula is C15H14O3S. The van der Waals surface area contributed by atoms with Gasteiger partial charge < -0.3 is 4.18 Å². The van der Waals surface area contributed by atoms with Gasteiger partial charge in [-0.3, -0.25) is 0 Å². The van der Waals surface area contributed by atoms with Gasteiger partial charge in [0.25, 0.3) is 0 Å². The van der Waals surface area contributed by atoms with Crippen LogP contribution in [0.1, 0.15) is 11.1 Å². The summed E-state index contributed by atoms with van der Waals surface area (Å²) >= 11 is 0. The fourth-order valence-electron chi connectivity index (χ4n) is 1.61. The molecule has 2 aromatic carbocycles. The molecule has 0 saturated heterocycles. The van der Waals surface area contributed by atoms with Crippen molar-refractivity contribution in [2.24, 2.45) is 0 Å². The molecule has 4 heteroatoms. The minimum Gasteiger partial charge on any atom is -0.382 e. The zero-order chi connectivity index (χ0) is 13.7. The van der Waals surface area contributed by atoms with Crippen molar-refractivity contribution >= 4 is 16.2 Å². The van der Waals surface area contributed by atoms with Crippen LogP contribution in [-0.2, 0) is 15.9 Å². The van der Waals surface area contributed by atoms with Gasteiger partial charge in [-0.15, -0.1) is 0 Å². The van der Waals surface area contributed by atoms with Gasteiger partial charge in [0.2, 0.25) is 0 Å². The molecule has 0 unspecified atom stereocenters. The Labute approximate surface area is 113 Å². The van der Waals surface area contributed by atoms with Gasteiger partial charge in [0.05, 0.1) is 0 Å². The maximum absolute atomic E-state index is 11.9. The van der Waals surface area contributed by atoms with Crippen LogP contribution in [0.5, 0.6) is 5.75 Å². The predicted molar refractivity (Wildman–Crippen MR) is 76.2 cm³/mol. The Morgan fingerprint density at radius 2 is 1.63 bits per heavy atom. The van der Waals surface area contributed by atoms with Gasteiger partial charge in [-0.1, -0.05) is 55.1 Å². The first-order valence-electron chi connectivity index (χ1n) is 5.78. The molecule has 0 N–H and O–H groups in total. The lowest BCUT2D eigenvalue weighted by atomic mass is 10.2. The molecule has 0 saturated carbocycles. The molecule has 0 atom stereocenters. The van der Waals surface area contributed by atoms with Crippen LogP contribution >= 0.6 is 0 Å². The number of hydrogen-bond acceptors (Lipinski definition) is 3. The van der Waals surface area contributed by atoms with Gasteiger partial charge in [0.15, 0.2) is 0 Å². The molecule has 0 amide bonds. The summed E-state index contributed by atoms with van der Waals surface area (Å²) in [5.74, 6) is 0.165. The molecule has 0 aliphatic rings. The largest absolute Gasteiger partial charge is 0.382 e. The fourth-order valence-corrected chi connectivity index (χ4v) is 2.68. The molecule has 0 radical (unpaired) electrons. The first-order chi connectivity index (χ1) is 9.09. The number of rotatable bonds is 5. The summed E-state index contributed by atoms with van der Waals surface area (Å²) in [6, 6.07) is 15.7. The van der Waals surface area contributed by atoms with E-state index in [1.165, 1.54) is 0 Å². The standard InChI is InChI=1S/C15H14O3S/c1-2-13-8-10-15(11-9-13)18-19(16,17)12-14-6-4-3-5-7-14/h2-11H,1,12H2. The smallest absolute Gasteiger partial charge is 0.313 e. The minimum atomic E-state index is -3.63. The summed E-state index contributed by atoms with van der Waals surface area (Å²) in [6.45, 7) is 3.63. The molecule has 0 fully saturated rings.